The largest absolute Gasteiger partial charge is 0.418 e. The summed E-state index contributed by atoms with van der Waals surface area (Å²) in [6.45, 7) is 3.18. The molecule has 1 spiro atoms. The van der Waals surface area contributed by atoms with Crippen molar-refractivity contribution in [1.29, 1.82) is 0 Å². The average molecular weight is 308 g/mol. The number of aromatic nitrogens is 1. The maximum absolute atomic E-state index is 13.0. The van der Waals surface area contributed by atoms with Crippen molar-refractivity contribution in [2.75, 3.05) is 31.1 Å². The molecule has 3 heterocycles. The van der Waals surface area contributed by atoms with Crippen molar-refractivity contribution in [2.45, 2.75) is 19.0 Å². The van der Waals surface area contributed by atoms with E-state index in [1.54, 1.807) is 0 Å². The lowest BCUT2D eigenvalue weighted by Gasteiger charge is -2.50. The van der Waals surface area contributed by atoms with E-state index < -0.39 is 11.7 Å². The van der Waals surface area contributed by atoms with Crippen LogP contribution < -0.4 is 10.2 Å². The molecule has 0 radical (unpaired) electrons. The molecular formula is C13H17ClF3N3. The first kappa shape index (κ1) is 15.4. The van der Waals surface area contributed by atoms with E-state index in [1.807, 2.05) is 4.90 Å². The average Bonchev–Trinajstić information content (AvgIpc) is 2.36. The number of anilines is 1. The molecule has 3 rings (SSSR count). The highest BCUT2D eigenvalue weighted by Crippen LogP contribution is 2.40. The number of rotatable bonds is 1. The SMILES string of the molecule is Cl.FC(F)(F)c1ccncc1N1CCCC2(CNC2)C1. The molecule has 3 nitrogen and oxygen atoms in total. The summed E-state index contributed by atoms with van der Waals surface area (Å²) in [6.07, 6.45) is 0.262. The van der Waals surface area contributed by atoms with Crippen molar-refractivity contribution in [3.8, 4) is 0 Å². The number of hydrogen-bond acceptors (Lipinski definition) is 3. The second-order valence-corrected chi connectivity index (χ2v) is 5.52. The quantitative estimate of drug-likeness (QED) is 0.864. The van der Waals surface area contributed by atoms with Gasteiger partial charge in [0, 0.05) is 37.8 Å². The van der Waals surface area contributed by atoms with Gasteiger partial charge in [0.05, 0.1) is 17.4 Å². The molecule has 2 saturated heterocycles. The number of nitrogens with one attached hydrogen (secondary N) is 1. The van der Waals surface area contributed by atoms with Crippen molar-refractivity contribution in [2.24, 2.45) is 5.41 Å². The van der Waals surface area contributed by atoms with Crippen molar-refractivity contribution >= 4 is 18.1 Å². The smallest absolute Gasteiger partial charge is 0.369 e. The van der Waals surface area contributed by atoms with Gasteiger partial charge >= 0.3 is 6.18 Å². The Morgan fingerprint density at radius 1 is 1.30 bits per heavy atom. The number of nitrogens with zero attached hydrogens (tertiary/aromatic N) is 2. The molecule has 0 bridgehead atoms. The fourth-order valence-corrected chi connectivity index (χ4v) is 3.06. The van der Waals surface area contributed by atoms with E-state index in [4.69, 9.17) is 0 Å². The van der Waals surface area contributed by atoms with Crippen molar-refractivity contribution < 1.29 is 13.2 Å². The summed E-state index contributed by atoms with van der Waals surface area (Å²) in [5.41, 5.74) is -0.190. The predicted octanol–water partition coefficient (Wildman–Crippen LogP) is 2.71. The van der Waals surface area contributed by atoms with Gasteiger partial charge in [-0.2, -0.15) is 13.2 Å². The van der Waals surface area contributed by atoms with Gasteiger partial charge in [0.15, 0.2) is 0 Å². The van der Waals surface area contributed by atoms with E-state index in [-0.39, 0.29) is 23.5 Å². The molecule has 20 heavy (non-hydrogen) atoms. The Hall–Kier alpha value is -1.01. The van der Waals surface area contributed by atoms with Crippen LogP contribution in [0.15, 0.2) is 18.5 Å². The topological polar surface area (TPSA) is 28.2 Å². The molecule has 0 saturated carbocycles. The van der Waals surface area contributed by atoms with Gasteiger partial charge in [0.25, 0.3) is 0 Å². The normalized spacial score (nSPS) is 21.2. The summed E-state index contributed by atoms with van der Waals surface area (Å²) < 4.78 is 39.1. The third-order valence-corrected chi connectivity index (χ3v) is 4.11. The zero-order valence-corrected chi connectivity index (χ0v) is 11.7. The highest BCUT2D eigenvalue weighted by atomic mass is 35.5. The first-order chi connectivity index (χ1) is 9.00. The van der Waals surface area contributed by atoms with Crippen LogP contribution in [-0.4, -0.2) is 31.2 Å². The molecule has 2 aliphatic heterocycles. The zero-order valence-electron chi connectivity index (χ0n) is 10.9. The highest BCUT2D eigenvalue weighted by molar-refractivity contribution is 5.85. The molecule has 1 aromatic rings. The summed E-state index contributed by atoms with van der Waals surface area (Å²) in [5.74, 6) is 0. The molecule has 7 heteroatoms. The van der Waals surface area contributed by atoms with Crippen molar-refractivity contribution in [3.63, 3.8) is 0 Å². The fourth-order valence-electron chi connectivity index (χ4n) is 3.06. The molecule has 0 amide bonds. The summed E-state index contributed by atoms with van der Waals surface area (Å²) in [4.78, 5) is 5.72. The van der Waals surface area contributed by atoms with E-state index in [1.165, 1.54) is 12.4 Å². The summed E-state index contributed by atoms with van der Waals surface area (Å²) in [6, 6.07) is 1.07. The van der Waals surface area contributed by atoms with Gasteiger partial charge in [-0.15, -0.1) is 12.4 Å². The van der Waals surface area contributed by atoms with E-state index >= 15 is 0 Å². The van der Waals surface area contributed by atoms with Crippen molar-refractivity contribution in [1.82, 2.24) is 10.3 Å². The first-order valence-electron chi connectivity index (χ1n) is 6.47. The Labute approximate surface area is 122 Å². The lowest BCUT2D eigenvalue weighted by atomic mass is 9.75. The Bertz CT molecular complexity index is 474. The number of piperidine rings is 1. The van der Waals surface area contributed by atoms with Crippen LogP contribution in [0, 0.1) is 5.41 Å². The monoisotopic (exact) mass is 307 g/mol. The lowest BCUT2D eigenvalue weighted by molar-refractivity contribution is -0.137. The molecular weight excluding hydrogens is 291 g/mol. The third-order valence-electron chi connectivity index (χ3n) is 4.11. The first-order valence-corrected chi connectivity index (χ1v) is 6.47. The number of halogens is 4. The summed E-state index contributed by atoms with van der Waals surface area (Å²) in [7, 11) is 0. The molecule has 0 aromatic carbocycles. The molecule has 1 aromatic heterocycles. The maximum Gasteiger partial charge on any atom is 0.418 e. The summed E-state index contributed by atoms with van der Waals surface area (Å²) in [5, 5.41) is 3.22. The van der Waals surface area contributed by atoms with Gasteiger partial charge in [0.1, 0.15) is 0 Å². The molecule has 2 fully saturated rings. The Morgan fingerprint density at radius 2 is 2.05 bits per heavy atom. The van der Waals surface area contributed by atoms with Crippen LogP contribution in [-0.2, 0) is 6.18 Å². The molecule has 1 N–H and O–H groups in total. The van der Waals surface area contributed by atoms with Crippen LogP contribution in [0.3, 0.4) is 0 Å². The molecule has 0 unspecified atom stereocenters. The van der Waals surface area contributed by atoms with Gasteiger partial charge < -0.3 is 10.2 Å². The minimum absolute atomic E-state index is 0. The third kappa shape index (κ3) is 2.72. The van der Waals surface area contributed by atoms with Gasteiger partial charge in [-0.3, -0.25) is 4.98 Å². The highest BCUT2D eigenvalue weighted by Gasteiger charge is 2.42. The van der Waals surface area contributed by atoms with Crippen LogP contribution >= 0.6 is 12.4 Å². The van der Waals surface area contributed by atoms with Crippen LogP contribution in [0.2, 0.25) is 0 Å². The van der Waals surface area contributed by atoms with Crippen molar-refractivity contribution in [3.05, 3.63) is 24.0 Å². The molecule has 2 aliphatic rings. The maximum atomic E-state index is 13.0. The van der Waals surface area contributed by atoms with Crippen LogP contribution in [0.5, 0.6) is 0 Å². The molecule has 112 valence electrons. The van der Waals surface area contributed by atoms with Gasteiger partial charge in [0.2, 0.25) is 0 Å². The second kappa shape index (κ2) is 5.41. The van der Waals surface area contributed by atoms with E-state index in [0.29, 0.717) is 13.1 Å². The second-order valence-electron chi connectivity index (χ2n) is 5.52. The number of hydrogen-bond donors (Lipinski definition) is 1. The predicted molar refractivity (Wildman–Crippen MR) is 73.2 cm³/mol. The molecule has 0 aliphatic carbocycles. The Balaban J connectivity index is 0.00000147. The Kier molecular flexibility index (Phi) is 4.16. The number of pyridine rings is 1. The van der Waals surface area contributed by atoms with Gasteiger partial charge in [-0.05, 0) is 18.9 Å². The minimum atomic E-state index is -4.32. The van der Waals surface area contributed by atoms with Gasteiger partial charge in [-0.25, -0.2) is 0 Å². The standard InChI is InChI=1S/C13H16F3N3.ClH/c14-13(15,16)10-2-4-17-6-11(10)19-5-1-3-12(9-19)7-18-8-12;/h2,4,6,18H,1,3,5,7-9H2;1H. The van der Waals surface area contributed by atoms with Crippen LogP contribution in [0.25, 0.3) is 0 Å². The zero-order chi connectivity index (χ0) is 13.5. The summed E-state index contributed by atoms with van der Waals surface area (Å²) >= 11 is 0. The van der Waals surface area contributed by atoms with E-state index in [0.717, 1.165) is 32.0 Å². The number of alkyl halides is 3. The molecule has 0 atom stereocenters. The van der Waals surface area contributed by atoms with E-state index in [2.05, 4.69) is 10.3 Å². The van der Waals surface area contributed by atoms with E-state index in [9.17, 15) is 13.2 Å². The minimum Gasteiger partial charge on any atom is -0.369 e. The van der Waals surface area contributed by atoms with Crippen LogP contribution in [0.1, 0.15) is 18.4 Å². The van der Waals surface area contributed by atoms with Gasteiger partial charge in [-0.1, -0.05) is 0 Å². The lowest BCUT2D eigenvalue weighted by Crippen LogP contribution is -2.61. The Morgan fingerprint density at radius 3 is 2.65 bits per heavy atom. The fraction of sp³-hybridized carbons (Fsp3) is 0.615. The van der Waals surface area contributed by atoms with Crippen LogP contribution in [0.4, 0.5) is 18.9 Å².